The average molecular weight is 507 g/mol. The van der Waals surface area contributed by atoms with Gasteiger partial charge < -0.3 is 20.3 Å². The molecule has 0 radical (unpaired) electrons. The number of amides is 1. The van der Waals surface area contributed by atoms with Gasteiger partial charge in [0.05, 0.1) is 13.7 Å². The molecule has 2 aromatic carbocycles. The summed E-state index contributed by atoms with van der Waals surface area (Å²) in [5, 5.41) is 12.1. The molecule has 190 valence electrons. The minimum absolute atomic E-state index is 0.0853. The summed E-state index contributed by atoms with van der Waals surface area (Å²) in [6, 6.07) is 16.2. The van der Waals surface area contributed by atoms with Crippen molar-refractivity contribution in [3.8, 4) is 17.0 Å². The number of ether oxygens (including phenoxy) is 1. The summed E-state index contributed by atoms with van der Waals surface area (Å²) in [6.45, 7) is 9.11. The number of carbonyl (C=O) groups excluding carboxylic acids is 1. The summed E-state index contributed by atoms with van der Waals surface area (Å²) in [7, 11) is 3.50. The quantitative estimate of drug-likeness (QED) is 0.333. The summed E-state index contributed by atoms with van der Waals surface area (Å²) in [5.41, 5.74) is 4.01. The first-order valence-electron chi connectivity index (χ1n) is 12.0. The molecule has 0 unspecified atom stereocenters. The number of hydrogen-bond acceptors (Lipinski definition) is 7. The van der Waals surface area contributed by atoms with Crippen LogP contribution in [-0.2, 0) is 17.8 Å². The first-order valence-corrected chi connectivity index (χ1v) is 12.9. The van der Waals surface area contributed by atoms with Crippen LogP contribution in [0.15, 0.2) is 48.5 Å². The average Bonchev–Trinajstić information content (AvgIpc) is 3.41. The van der Waals surface area contributed by atoms with Gasteiger partial charge >= 0.3 is 0 Å². The van der Waals surface area contributed by atoms with Crippen LogP contribution in [0.1, 0.15) is 38.8 Å². The van der Waals surface area contributed by atoms with Gasteiger partial charge in [-0.2, -0.15) is 4.52 Å². The normalized spacial score (nSPS) is 11.5. The summed E-state index contributed by atoms with van der Waals surface area (Å²) >= 11 is 1.46. The third-order valence-electron chi connectivity index (χ3n) is 5.65. The number of aryl methyl sites for hydroxylation is 1. The van der Waals surface area contributed by atoms with Gasteiger partial charge in [0.25, 0.3) is 0 Å². The predicted octanol–water partition coefficient (Wildman–Crippen LogP) is 4.99. The number of anilines is 2. The van der Waals surface area contributed by atoms with Gasteiger partial charge in [-0.3, -0.25) is 4.79 Å². The lowest BCUT2D eigenvalue weighted by Gasteiger charge is -2.22. The van der Waals surface area contributed by atoms with Crippen LogP contribution in [0.5, 0.6) is 5.75 Å². The molecule has 0 saturated heterocycles. The standard InChI is InChI=1S/C27H34N6O2S/c1-7-18-11-13-20(14-12-18)23-24(30-27(2,3)4)33-25(29-23)36-26(31-33)32(5)17-22(34)28-16-19-9-8-10-21(15-19)35-6/h8-15,30H,7,16-17H2,1-6H3,(H,28,34). The molecule has 2 N–H and O–H groups in total. The molecule has 0 atom stereocenters. The van der Waals surface area contributed by atoms with E-state index in [0.717, 1.165) is 44.9 Å². The highest BCUT2D eigenvalue weighted by Crippen LogP contribution is 2.34. The highest BCUT2D eigenvalue weighted by Gasteiger charge is 2.23. The van der Waals surface area contributed by atoms with Crippen molar-refractivity contribution >= 4 is 33.2 Å². The third kappa shape index (κ3) is 5.96. The maximum Gasteiger partial charge on any atom is 0.239 e. The Bertz CT molecular complexity index is 1340. The monoisotopic (exact) mass is 506 g/mol. The summed E-state index contributed by atoms with van der Waals surface area (Å²) in [5.74, 6) is 1.53. The number of benzene rings is 2. The molecule has 2 aromatic heterocycles. The van der Waals surface area contributed by atoms with Crippen LogP contribution in [0.4, 0.5) is 10.9 Å². The highest BCUT2D eigenvalue weighted by atomic mass is 32.1. The second kappa shape index (κ2) is 10.6. The maximum atomic E-state index is 12.6. The van der Waals surface area contributed by atoms with E-state index < -0.39 is 0 Å². The minimum atomic E-state index is -0.177. The molecule has 0 spiro atoms. The maximum absolute atomic E-state index is 12.6. The molecule has 0 aliphatic rings. The van der Waals surface area contributed by atoms with Crippen LogP contribution in [0, 0.1) is 0 Å². The van der Waals surface area contributed by atoms with Crippen LogP contribution in [0.25, 0.3) is 16.2 Å². The molecule has 1 amide bonds. The van der Waals surface area contributed by atoms with Crippen LogP contribution < -0.4 is 20.3 Å². The number of nitrogens with zero attached hydrogens (tertiary/aromatic N) is 4. The second-order valence-electron chi connectivity index (χ2n) is 9.80. The van der Waals surface area contributed by atoms with Gasteiger partial charge in [0.2, 0.25) is 16.0 Å². The molecule has 4 aromatic rings. The first-order chi connectivity index (χ1) is 17.2. The lowest BCUT2D eigenvalue weighted by molar-refractivity contribution is -0.119. The van der Waals surface area contributed by atoms with Gasteiger partial charge in [-0.25, -0.2) is 4.98 Å². The van der Waals surface area contributed by atoms with E-state index >= 15 is 0 Å². The van der Waals surface area contributed by atoms with E-state index in [4.69, 9.17) is 14.8 Å². The number of carbonyl (C=O) groups is 1. The molecule has 4 rings (SSSR count). The zero-order chi connectivity index (χ0) is 25.9. The predicted molar refractivity (Wildman–Crippen MR) is 147 cm³/mol. The molecule has 0 saturated carbocycles. The molecule has 0 fully saturated rings. The van der Waals surface area contributed by atoms with E-state index in [0.29, 0.717) is 6.54 Å². The topological polar surface area (TPSA) is 83.8 Å². The van der Waals surface area contributed by atoms with Gasteiger partial charge in [-0.15, -0.1) is 5.10 Å². The molecule has 8 nitrogen and oxygen atoms in total. The van der Waals surface area contributed by atoms with Crippen LogP contribution >= 0.6 is 11.3 Å². The van der Waals surface area contributed by atoms with Crippen molar-refractivity contribution in [1.29, 1.82) is 0 Å². The van der Waals surface area contributed by atoms with Crippen molar-refractivity contribution in [1.82, 2.24) is 19.9 Å². The first kappa shape index (κ1) is 25.5. The molecule has 0 aliphatic carbocycles. The number of imidazole rings is 1. The summed E-state index contributed by atoms with van der Waals surface area (Å²) in [6.07, 6.45) is 0.996. The second-order valence-corrected chi connectivity index (χ2v) is 10.7. The van der Waals surface area contributed by atoms with Gasteiger partial charge in [-0.1, -0.05) is 54.7 Å². The number of likely N-dealkylation sites (N-methyl/N-ethyl adjacent to an activating group) is 1. The lowest BCUT2D eigenvalue weighted by atomic mass is 10.1. The van der Waals surface area contributed by atoms with Crippen molar-refractivity contribution in [3.05, 3.63) is 59.7 Å². The fourth-order valence-electron chi connectivity index (χ4n) is 3.78. The molecular weight excluding hydrogens is 472 g/mol. The highest BCUT2D eigenvalue weighted by molar-refractivity contribution is 7.20. The van der Waals surface area contributed by atoms with Crippen molar-refractivity contribution in [2.75, 3.05) is 30.9 Å². The van der Waals surface area contributed by atoms with Crippen molar-refractivity contribution in [3.63, 3.8) is 0 Å². The number of methoxy groups -OCH3 is 1. The molecule has 36 heavy (non-hydrogen) atoms. The van der Waals surface area contributed by atoms with E-state index in [9.17, 15) is 4.79 Å². The Morgan fingerprint density at radius 3 is 2.56 bits per heavy atom. The fraction of sp³-hybridized carbons (Fsp3) is 0.370. The Kier molecular flexibility index (Phi) is 7.49. The van der Waals surface area contributed by atoms with Crippen LogP contribution in [0.3, 0.4) is 0 Å². The zero-order valence-corrected chi connectivity index (χ0v) is 22.6. The zero-order valence-electron chi connectivity index (χ0n) is 21.8. The van der Waals surface area contributed by atoms with E-state index in [-0.39, 0.29) is 18.0 Å². The largest absolute Gasteiger partial charge is 0.497 e. The molecule has 0 aliphatic heterocycles. The minimum Gasteiger partial charge on any atom is -0.497 e. The molecule has 2 heterocycles. The Labute approximate surface area is 216 Å². The van der Waals surface area contributed by atoms with Crippen LogP contribution in [0.2, 0.25) is 0 Å². The number of nitrogens with one attached hydrogen (secondary N) is 2. The van der Waals surface area contributed by atoms with E-state index in [2.05, 4.69) is 62.6 Å². The summed E-state index contributed by atoms with van der Waals surface area (Å²) in [4.78, 5) is 20.1. The van der Waals surface area contributed by atoms with E-state index in [1.807, 2.05) is 40.7 Å². The Morgan fingerprint density at radius 1 is 1.14 bits per heavy atom. The van der Waals surface area contributed by atoms with Crippen molar-refractivity contribution in [2.24, 2.45) is 0 Å². The number of fused-ring (bicyclic) bond motifs is 1. The number of rotatable bonds is 9. The number of aromatic nitrogens is 3. The summed E-state index contributed by atoms with van der Waals surface area (Å²) < 4.78 is 7.10. The van der Waals surface area contributed by atoms with Gasteiger partial charge in [0.1, 0.15) is 11.4 Å². The molecule has 0 bridgehead atoms. The number of hydrogen-bond donors (Lipinski definition) is 2. The van der Waals surface area contributed by atoms with E-state index in [1.54, 1.807) is 7.11 Å². The lowest BCUT2D eigenvalue weighted by Crippen LogP contribution is -2.34. The molecule has 9 heteroatoms. The Balaban J connectivity index is 1.52. The SMILES string of the molecule is CCc1ccc(-c2nc3sc(N(C)CC(=O)NCc4cccc(OC)c4)nn3c2NC(C)(C)C)cc1. The van der Waals surface area contributed by atoms with E-state index in [1.165, 1.54) is 16.9 Å². The van der Waals surface area contributed by atoms with Crippen molar-refractivity contribution in [2.45, 2.75) is 46.2 Å². The Hall–Kier alpha value is -3.59. The van der Waals surface area contributed by atoms with Crippen LogP contribution in [-0.4, -0.2) is 46.7 Å². The fourth-order valence-corrected chi connectivity index (χ4v) is 4.64. The Morgan fingerprint density at radius 2 is 1.89 bits per heavy atom. The van der Waals surface area contributed by atoms with Gasteiger partial charge in [0, 0.05) is 24.7 Å². The smallest absolute Gasteiger partial charge is 0.239 e. The van der Waals surface area contributed by atoms with Crippen molar-refractivity contribution < 1.29 is 9.53 Å². The van der Waals surface area contributed by atoms with Gasteiger partial charge in [0.15, 0.2) is 5.82 Å². The molecular formula is C27H34N6O2S. The van der Waals surface area contributed by atoms with Gasteiger partial charge in [-0.05, 0) is 50.5 Å². The third-order valence-corrected chi connectivity index (χ3v) is 6.68.